The summed E-state index contributed by atoms with van der Waals surface area (Å²) in [7, 11) is 0. The van der Waals surface area contributed by atoms with E-state index in [1.165, 1.54) is 0 Å². The van der Waals surface area contributed by atoms with Gasteiger partial charge in [0.1, 0.15) is 0 Å². The standard InChI is InChI=1S/C4H4N/c1-2-4-5-3-1/h1,4H,2H2. The number of hydrogen-bond acceptors (Lipinski definition) is 1. The van der Waals surface area contributed by atoms with Crippen LogP contribution in [-0.4, -0.2) is 6.21 Å². The van der Waals surface area contributed by atoms with Gasteiger partial charge in [-0.2, -0.15) is 0 Å². The van der Waals surface area contributed by atoms with Crippen LogP contribution in [0.15, 0.2) is 11.1 Å². The van der Waals surface area contributed by atoms with Crippen molar-refractivity contribution in [3.8, 4) is 0 Å². The van der Waals surface area contributed by atoms with Crippen molar-refractivity contribution in [2.45, 2.75) is 6.42 Å². The van der Waals surface area contributed by atoms with Crippen molar-refractivity contribution in [1.29, 1.82) is 0 Å². The summed E-state index contributed by atoms with van der Waals surface area (Å²) in [6.45, 7) is 0. The van der Waals surface area contributed by atoms with E-state index in [4.69, 9.17) is 0 Å². The zero-order valence-corrected chi connectivity index (χ0v) is 2.81. The van der Waals surface area contributed by atoms with E-state index in [2.05, 4.69) is 11.2 Å². The highest BCUT2D eigenvalue weighted by molar-refractivity contribution is 5.61. The van der Waals surface area contributed by atoms with E-state index in [9.17, 15) is 0 Å². The number of rotatable bonds is 0. The fourth-order valence-corrected chi connectivity index (χ4v) is 0.264. The quantitative estimate of drug-likeness (QED) is 0.396. The fourth-order valence-electron chi connectivity index (χ4n) is 0.264. The maximum atomic E-state index is 3.65. The molecule has 0 fully saturated rings. The van der Waals surface area contributed by atoms with Gasteiger partial charge in [-0.05, 0) is 0 Å². The highest BCUT2D eigenvalue weighted by Crippen LogP contribution is 1.85. The van der Waals surface area contributed by atoms with Crippen LogP contribution in [0.4, 0.5) is 0 Å². The number of hydrogen-bond donors (Lipinski definition) is 0. The molecular formula is C4H4N. The molecule has 0 aliphatic carbocycles. The Morgan fingerprint density at radius 2 is 2.80 bits per heavy atom. The molecule has 0 bridgehead atoms. The molecule has 0 N–H and O–H groups in total. The molecule has 1 heterocycles. The van der Waals surface area contributed by atoms with Gasteiger partial charge in [-0.15, -0.1) is 0 Å². The van der Waals surface area contributed by atoms with Crippen LogP contribution in [0.2, 0.25) is 0 Å². The van der Waals surface area contributed by atoms with E-state index in [1.807, 2.05) is 12.3 Å². The second-order valence-corrected chi connectivity index (χ2v) is 0.881. The van der Waals surface area contributed by atoms with Gasteiger partial charge >= 0.3 is 0 Å². The molecule has 0 unspecified atom stereocenters. The molecule has 1 radical (unpaired) electrons. The summed E-state index contributed by atoms with van der Waals surface area (Å²) >= 11 is 0. The third-order valence-electron chi connectivity index (χ3n) is 0.480. The molecule has 0 aromatic rings. The molecule has 1 rings (SSSR count). The Bertz CT molecular complexity index is 61.7. The second kappa shape index (κ2) is 1.02. The van der Waals surface area contributed by atoms with E-state index in [0.29, 0.717) is 0 Å². The molecule has 0 saturated carbocycles. The van der Waals surface area contributed by atoms with E-state index in [1.54, 1.807) is 0 Å². The minimum atomic E-state index is 0.972. The second-order valence-electron chi connectivity index (χ2n) is 0.881. The summed E-state index contributed by atoms with van der Waals surface area (Å²) in [5, 5.41) is 0. The zero-order chi connectivity index (χ0) is 3.54. The van der Waals surface area contributed by atoms with Crippen molar-refractivity contribution in [2.75, 3.05) is 0 Å². The van der Waals surface area contributed by atoms with Crippen molar-refractivity contribution in [3.05, 3.63) is 12.3 Å². The van der Waals surface area contributed by atoms with Gasteiger partial charge in [-0.1, -0.05) is 6.08 Å². The molecule has 0 aromatic heterocycles. The fraction of sp³-hybridized carbons (Fsp3) is 0.250. The summed E-state index contributed by atoms with van der Waals surface area (Å²) in [5.41, 5.74) is 0. The first-order valence-corrected chi connectivity index (χ1v) is 1.59. The minimum Gasteiger partial charge on any atom is -0.259 e. The van der Waals surface area contributed by atoms with Gasteiger partial charge in [0.05, 0.1) is 6.20 Å². The van der Waals surface area contributed by atoms with Gasteiger partial charge in [-0.3, -0.25) is 4.99 Å². The number of nitrogens with zero attached hydrogens (tertiary/aromatic N) is 1. The lowest BCUT2D eigenvalue weighted by Crippen LogP contribution is -1.51. The molecule has 1 aliphatic rings. The predicted molar refractivity (Wildman–Crippen MR) is 20.9 cm³/mol. The van der Waals surface area contributed by atoms with Crippen LogP contribution in [0.1, 0.15) is 6.42 Å². The highest BCUT2D eigenvalue weighted by atomic mass is 14.7. The largest absolute Gasteiger partial charge is 0.259 e. The van der Waals surface area contributed by atoms with Gasteiger partial charge in [0.25, 0.3) is 0 Å². The Morgan fingerprint density at radius 1 is 1.80 bits per heavy atom. The first-order valence-electron chi connectivity index (χ1n) is 1.59. The summed E-state index contributed by atoms with van der Waals surface area (Å²) in [6, 6.07) is 0. The summed E-state index contributed by atoms with van der Waals surface area (Å²) in [5.74, 6) is 0. The molecule has 0 spiro atoms. The van der Waals surface area contributed by atoms with Crippen molar-refractivity contribution < 1.29 is 0 Å². The number of aliphatic imine (C=N–C) groups is 1. The first kappa shape index (κ1) is 2.64. The van der Waals surface area contributed by atoms with Gasteiger partial charge < -0.3 is 0 Å². The minimum absolute atomic E-state index is 0.972. The topological polar surface area (TPSA) is 12.4 Å². The average molecular weight is 66.1 g/mol. The van der Waals surface area contributed by atoms with Crippen LogP contribution in [0.3, 0.4) is 0 Å². The van der Waals surface area contributed by atoms with Crippen LogP contribution >= 0.6 is 0 Å². The third kappa shape index (κ3) is 0.349. The van der Waals surface area contributed by atoms with Crippen molar-refractivity contribution in [1.82, 2.24) is 0 Å². The van der Waals surface area contributed by atoms with Crippen molar-refractivity contribution in [2.24, 2.45) is 4.99 Å². The average Bonchev–Trinajstić information content (AvgIpc) is 1.76. The molecule has 1 heteroatoms. The van der Waals surface area contributed by atoms with E-state index < -0.39 is 0 Å². The van der Waals surface area contributed by atoms with Gasteiger partial charge in [0.15, 0.2) is 0 Å². The Labute approximate surface area is 31.0 Å². The van der Waals surface area contributed by atoms with Crippen molar-refractivity contribution in [3.63, 3.8) is 0 Å². The zero-order valence-electron chi connectivity index (χ0n) is 2.81. The highest BCUT2D eigenvalue weighted by Gasteiger charge is 1.74. The molecule has 0 amide bonds. The maximum absolute atomic E-state index is 3.65. The lowest BCUT2D eigenvalue weighted by Gasteiger charge is -1.54. The lowest BCUT2D eigenvalue weighted by atomic mass is 10.5. The van der Waals surface area contributed by atoms with Gasteiger partial charge in [0.2, 0.25) is 0 Å². The normalized spacial score (nSPS) is 17.6. The molecule has 0 aromatic carbocycles. The van der Waals surface area contributed by atoms with Gasteiger partial charge in [-0.25, -0.2) is 0 Å². The van der Waals surface area contributed by atoms with Crippen LogP contribution in [0, 0.1) is 6.20 Å². The molecule has 1 nitrogen and oxygen atoms in total. The summed E-state index contributed by atoms with van der Waals surface area (Å²) in [6.07, 6.45) is 7.35. The molecule has 0 saturated heterocycles. The Kier molecular flexibility index (Phi) is 0.537. The lowest BCUT2D eigenvalue weighted by molar-refractivity contribution is 1.55. The summed E-state index contributed by atoms with van der Waals surface area (Å²) < 4.78 is 0. The molecular weight excluding hydrogens is 62.1 g/mol. The molecule has 5 heavy (non-hydrogen) atoms. The molecule has 25 valence electrons. The Hall–Kier alpha value is -0.590. The predicted octanol–water partition coefficient (Wildman–Crippen LogP) is 0.778. The van der Waals surface area contributed by atoms with Gasteiger partial charge in [0, 0.05) is 12.6 Å². The Balaban J connectivity index is 2.61. The molecule has 0 atom stereocenters. The third-order valence-corrected chi connectivity index (χ3v) is 0.480. The maximum Gasteiger partial charge on any atom is 0.0842 e. The first-order chi connectivity index (χ1) is 2.50. The molecule has 1 aliphatic heterocycles. The van der Waals surface area contributed by atoms with Crippen LogP contribution in [0.25, 0.3) is 0 Å². The monoisotopic (exact) mass is 66.0 g/mol. The summed E-state index contributed by atoms with van der Waals surface area (Å²) in [4.78, 5) is 3.65. The van der Waals surface area contributed by atoms with Crippen molar-refractivity contribution >= 4 is 6.21 Å². The smallest absolute Gasteiger partial charge is 0.0842 e. The van der Waals surface area contributed by atoms with Crippen LogP contribution in [-0.2, 0) is 0 Å². The Morgan fingerprint density at radius 3 is 3.00 bits per heavy atom. The van der Waals surface area contributed by atoms with E-state index in [0.717, 1.165) is 6.42 Å². The SMILES string of the molecule is [C]1=CCC=N1. The van der Waals surface area contributed by atoms with E-state index in [-0.39, 0.29) is 0 Å². The number of allylic oxidation sites excluding steroid dienone is 1. The van der Waals surface area contributed by atoms with E-state index >= 15 is 0 Å². The van der Waals surface area contributed by atoms with Crippen LogP contribution in [0.5, 0.6) is 0 Å². The van der Waals surface area contributed by atoms with Crippen LogP contribution < -0.4 is 0 Å².